The van der Waals surface area contributed by atoms with Crippen molar-refractivity contribution in [1.82, 2.24) is 4.90 Å². The topological polar surface area (TPSA) is 44.1 Å². The van der Waals surface area contributed by atoms with Crippen molar-refractivity contribution < 1.29 is 9.18 Å². The Labute approximate surface area is 93.1 Å². The molecule has 0 aromatic heterocycles. The van der Waals surface area contributed by atoms with Gasteiger partial charge in [0.1, 0.15) is 5.82 Å². The fourth-order valence-electron chi connectivity index (χ4n) is 1.84. The molecule has 1 unspecified atom stereocenters. The van der Waals surface area contributed by atoms with Crippen LogP contribution in [0.1, 0.15) is 12.0 Å². The predicted octanol–water partition coefficient (Wildman–Crippen LogP) is 1.70. The minimum Gasteiger partial charge on any atom is -0.337 e. The van der Waals surface area contributed by atoms with Crippen LogP contribution in [-0.2, 0) is 11.3 Å². The lowest BCUT2D eigenvalue weighted by atomic mass is 10.1. The van der Waals surface area contributed by atoms with Gasteiger partial charge < -0.3 is 4.90 Å². The molecule has 1 amide bonds. The molecule has 16 heavy (non-hydrogen) atoms. The maximum absolute atomic E-state index is 13.3. The number of likely N-dealkylation sites (tertiary alicyclic amines) is 1. The Hall–Kier alpha value is -1.89. The standard InChI is InChI=1S/C12H11FN2O/c13-11-4-2-1-3-10(11)8-15-7-9(6-14)5-12(15)16/h1-4,9H,5,7-8H2. The van der Waals surface area contributed by atoms with Crippen LogP contribution < -0.4 is 0 Å². The van der Waals surface area contributed by atoms with Gasteiger partial charge in [-0.25, -0.2) is 4.39 Å². The lowest BCUT2D eigenvalue weighted by Gasteiger charge is -2.15. The molecular formula is C12H11FN2O. The molecule has 0 saturated carbocycles. The number of benzene rings is 1. The van der Waals surface area contributed by atoms with Gasteiger partial charge in [-0.2, -0.15) is 5.26 Å². The van der Waals surface area contributed by atoms with Gasteiger partial charge in [-0.05, 0) is 6.07 Å². The van der Waals surface area contributed by atoms with E-state index in [0.717, 1.165) is 0 Å². The van der Waals surface area contributed by atoms with E-state index >= 15 is 0 Å². The molecule has 1 aromatic rings. The molecule has 0 bridgehead atoms. The summed E-state index contributed by atoms with van der Waals surface area (Å²) in [7, 11) is 0. The summed E-state index contributed by atoms with van der Waals surface area (Å²) in [6, 6.07) is 8.45. The first-order valence-electron chi connectivity index (χ1n) is 5.11. The van der Waals surface area contributed by atoms with E-state index in [1.165, 1.54) is 11.0 Å². The Morgan fingerprint density at radius 1 is 1.50 bits per heavy atom. The van der Waals surface area contributed by atoms with Crippen LogP contribution in [0.2, 0.25) is 0 Å². The highest BCUT2D eigenvalue weighted by Gasteiger charge is 2.29. The molecule has 82 valence electrons. The van der Waals surface area contributed by atoms with E-state index in [1.807, 2.05) is 0 Å². The van der Waals surface area contributed by atoms with E-state index in [4.69, 9.17) is 5.26 Å². The Bertz CT molecular complexity index is 453. The Balaban J connectivity index is 2.09. The summed E-state index contributed by atoms with van der Waals surface area (Å²) < 4.78 is 13.3. The maximum atomic E-state index is 13.3. The number of halogens is 1. The minimum absolute atomic E-state index is 0.0743. The van der Waals surface area contributed by atoms with Crippen molar-refractivity contribution >= 4 is 5.91 Å². The van der Waals surface area contributed by atoms with Crippen LogP contribution in [0.5, 0.6) is 0 Å². The molecule has 1 aromatic carbocycles. The zero-order chi connectivity index (χ0) is 11.5. The summed E-state index contributed by atoms with van der Waals surface area (Å²) in [5, 5.41) is 8.72. The average Bonchev–Trinajstić information content (AvgIpc) is 2.63. The quantitative estimate of drug-likeness (QED) is 0.758. The summed E-state index contributed by atoms with van der Waals surface area (Å²) in [4.78, 5) is 13.0. The first-order valence-corrected chi connectivity index (χ1v) is 5.11. The Kier molecular flexibility index (Phi) is 2.86. The number of carbonyl (C=O) groups is 1. The highest BCUT2D eigenvalue weighted by atomic mass is 19.1. The van der Waals surface area contributed by atoms with Crippen molar-refractivity contribution in [3.05, 3.63) is 35.6 Å². The summed E-state index contributed by atoms with van der Waals surface area (Å²) >= 11 is 0. The smallest absolute Gasteiger partial charge is 0.224 e. The first kappa shape index (κ1) is 10.6. The number of hydrogen-bond donors (Lipinski definition) is 0. The van der Waals surface area contributed by atoms with E-state index < -0.39 is 0 Å². The summed E-state index contributed by atoms with van der Waals surface area (Å²) in [6.07, 6.45) is 0.255. The second kappa shape index (κ2) is 4.31. The predicted molar refractivity (Wildman–Crippen MR) is 55.5 cm³/mol. The first-order chi connectivity index (χ1) is 7.70. The van der Waals surface area contributed by atoms with Gasteiger partial charge in [-0.3, -0.25) is 4.79 Å². The van der Waals surface area contributed by atoms with E-state index in [-0.39, 0.29) is 30.6 Å². The van der Waals surface area contributed by atoms with Crippen LogP contribution in [0.3, 0.4) is 0 Å². The summed E-state index contributed by atoms with van der Waals surface area (Å²) in [6.45, 7) is 0.660. The number of nitriles is 1. The lowest BCUT2D eigenvalue weighted by Crippen LogP contribution is -2.24. The van der Waals surface area contributed by atoms with Crippen LogP contribution in [0.15, 0.2) is 24.3 Å². The van der Waals surface area contributed by atoms with Gasteiger partial charge in [0.15, 0.2) is 0 Å². The van der Waals surface area contributed by atoms with Crippen molar-refractivity contribution in [2.45, 2.75) is 13.0 Å². The fourth-order valence-corrected chi connectivity index (χ4v) is 1.84. The minimum atomic E-state index is -0.310. The highest BCUT2D eigenvalue weighted by Crippen LogP contribution is 2.20. The molecule has 1 fully saturated rings. The molecule has 1 aliphatic heterocycles. The summed E-state index contributed by atoms with van der Waals surface area (Å²) in [5.74, 6) is -0.634. The molecule has 1 aliphatic rings. The van der Waals surface area contributed by atoms with Crippen molar-refractivity contribution in [3.63, 3.8) is 0 Å². The van der Waals surface area contributed by atoms with Crippen molar-refractivity contribution in [3.8, 4) is 6.07 Å². The highest BCUT2D eigenvalue weighted by molar-refractivity contribution is 5.79. The number of rotatable bonds is 2. The van der Waals surface area contributed by atoms with Gasteiger partial charge in [-0.1, -0.05) is 18.2 Å². The number of hydrogen-bond acceptors (Lipinski definition) is 2. The number of amides is 1. The van der Waals surface area contributed by atoms with E-state index in [2.05, 4.69) is 6.07 Å². The SMILES string of the molecule is N#CC1CC(=O)N(Cc2ccccc2F)C1. The maximum Gasteiger partial charge on any atom is 0.224 e. The van der Waals surface area contributed by atoms with Gasteiger partial charge in [-0.15, -0.1) is 0 Å². The zero-order valence-corrected chi connectivity index (χ0v) is 8.69. The molecule has 3 nitrogen and oxygen atoms in total. The molecular weight excluding hydrogens is 207 g/mol. The van der Waals surface area contributed by atoms with Gasteiger partial charge in [0.2, 0.25) is 5.91 Å². The number of carbonyl (C=O) groups excluding carboxylic acids is 1. The summed E-state index contributed by atoms with van der Waals surface area (Å²) in [5.41, 5.74) is 0.495. The molecule has 1 atom stereocenters. The molecule has 1 heterocycles. The number of nitrogens with zero attached hydrogens (tertiary/aromatic N) is 2. The van der Waals surface area contributed by atoms with Crippen molar-refractivity contribution in [2.75, 3.05) is 6.54 Å². The molecule has 2 rings (SSSR count). The average molecular weight is 218 g/mol. The van der Waals surface area contributed by atoms with Crippen LogP contribution in [-0.4, -0.2) is 17.4 Å². The molecule has 0 radical (unpaired) electrons. The Morgan fingerprint density at radius 2 is 2.25 bits per heavy atom. The lowest BCUT2D eigenvalue weighted by molar-refractivity contribution is -0.128. The normalized spacial score (nSPS) is 19.9. The van der Waals surface area contributed by atoms with E-state index in [1.54, 1.807) is 18.2 Å². The third-order valence-electron chi connectivity index (χ3n) is 2.72. The largest absolute Gasteiger partial charge is 0.337 e. The molecule has 4 heteroatoms. The zero-order valence-electron chi connectivity index (χ0n) is 8.69. The van der Waals surface area contributed by atoms with Crippen LogP contribution in [0, 0.1) is 23.1 Å². The molecule has 1 saturated heterocycles. The molecule has 0 N–H and O–H groups in total. The molecule has 0 spiro atoms. The van der Waals surface area contributed by atoms with Gasteiger partial charge >= 0.3 is 0 Å². The van der Waals surface area contributed by atoms with Crippen LogP contribution >= 0.6 is 0 Å². The van der Waals surface area contributed by atoms with Gasteiger partial charge in [0.25, 0.3) is 0 Å². The van der Waals surface area contributed by atoms with Crippen LogP contribution in [0.4, 0.5) is 4.39 Å². The van der Waals surface area contributed by atoms with E-state index in [9.17, 15) is 9.18 Å². The third-order valence-corrected chi connectivity index (χ3v) is 2.72. The molecule has 0 aliphatic carbocycles. The van der Waals surface area contributed by atoms with E-state index in [0.29, 0.717) is 12.1 Å². The van der Waals surface area contributed by atoms with Gasteiger partial charge in [0, 0.05) is 25.1 Å². The fraction of sp³-hybridized carbons (Fsp3) is 0.333. The van der Waals surface area contributed by atoms with Crippen molar-refractivity contribution in [2.24, 2.45) is 5.92 Å². The van der Waals surface area contributed by atoms with Gasteiger partial charge in [0.05, 0.1) is 12.0 Å². The Morgan fingerprint density at radius 3 is 2.88 bits per heavy atom. The van der Waals surface area contributed by atoms with Crippen LogP contribution in [0.25, 0.3) is 0 Å². The third kappa shape index (κ3) is 2.03. The van der Waals surface area contributed by atoms with Crippen molar-refractivity contribution in [1.29, 1.82) is 5.26 Å². The monoisotopic (exact) mass is 218 g/mol. The second-order valence-corrected chi connectivity index (χ2v) is 3.90. The second-order valence-electron chi connectivity index (χ2n) is 3.90.